The zero-order valence-corrected chi connectivity index (χ0v) is 10.1. The van der Waals surface area contributed by atoms with E-state index < -0.39 is 0 Å². The van der Waals surface area contributed by atoms with Gasteiger partial charge in [-0.25, -0.2) is 4.98 Å². The number of aryl methyl sites for hydroxylation is 1. The molecule has 1 aromatic heterocycles. The molecular weight excluding hydrogens is 200 g/mol. The molecule has 1 aliphatic rings. The van der Waals surface area contributed by atoms with Crippen LogP contribution in [-0.2, 0) is 0 Å². The van der Waals surface area contributed by atoms with Crippen LogP contribution in [-0.4, -0.2) is 11.1 Å². The first kappa shape index (κ1) is 11.2. The largest absolute Gasteiger partial charge is 0.473 e. The molecule has 88 valence electrons. The second-order valence-electron chi connectivity index (χ2n) is 4.76. The first-order chi connectivity index (χ1) is 7.68. The second-order valence-corrected chi connectivity index (χ2v) is 4.76. The van der Waals surface area contributed by atoms with E-state index in [4.69, 9.17) is 10.5 Å². The molecule has 16 heavy (non-hydrogen) atoms. The highest BCUT2D eigenvalue weighted by Gasteiger charge is 2.24. The molecule has 0 spiro atoms. The van der Waals surface area contributed by atoms with Gasteiger partial charge in [0.2, 0.25) is 5.88 Å². The molecule has 0 radical (unpaired) electrons. The van der Waals surface area contributed by atoms with Gasteiger partial charge in [0.15, 0.2) is 0 Å². The molecule has 2 atom stereocenters. The number of pyridine rings is 1. The molecule has 1 saturated carbocycles. The highest BCUT2D eigenvalue weighted by atomic mass is 16.5. The summed E-state index contributed by atoms with van der Waals surface area (Å²) < 4.78 is 5.94. The third-order valence-corrected chi connectivity index (χ3v) is 3.47. The van der Waals surface area contributed by atoms with Gasteiger partial charge in [0.25, 0.3) is 0 Å². The molecule has 0 aromatic carbocycles. The lowest BCUT2D eigenvalue weighted by atomic mass is 9.88. The fourth-order valence-electron chi connectivity index (χ4n) is 2.24. The van der Waals surface area contributed by atoms with Crippen LogP contribution in [0.25, 0.3) is 0 Å². The standard InChI is InChI=1S/C13H20N2O/c1-9-5-3-4-6-11(9)16-13-12(14)10(2)7-8-15-13/h7-9,11H,3-6,14H2,1-2H3. The van der Waals surface area contributed by atoms with Crippen LogP contribution in [0.3, 0.4) is 0 Å². The topological polar surface area (TPSA) is 48.1 Å². The van der Waals surface area contributed by atoms with Crippen LogP contribution >= 0.6 is 0 Å². The van der Waals surface area contributed by atoms with E-state index in [0.29, 0.717) is 17.5 Å². The molecule has 0 amide bonds. The molecular formula is C13H20N2O. The average molecular weight is 220 g/mol. The Kier molecular flexibility index (Phi) is 3.32. The van der Waals surface area contributed by atoms with Gasteiger partial charge in [-0.2, -0.15) is 0 Å². The Morgan fingerprint density at radius 2 is 2.12 bits per heavy atom. The van der Waals surface area contributed by atoms with E-state index in [1.54, 1.807) is 6.20 Å². The fraction of sp³-hybridized carbons (Fsp3) is 0.615. The molecule has 2 unspecified atom stereocenters. The summed E-state index contributed by atoms with van der Waals surface area (Å²) in [5.74, 6) is 1.22. The van der Waals surface area contributed by atoms with Crippen molar-refractivity contribution in [2.45, 2.75) is 45.6 Å². The Morgan fingerprint density at radius 3 is 2.88 bits per heavy atom. The van der Waals surface area contributed by atoms with E-state index >= 15 is 0 Å². The Bertz CT molecular complexity index is 365. The van der Waals surface area contributed by atoms with Crippen LogP contribution in [0, 0.1) is 12.8 Å². The predicted molar refractivity (Wildman–Crippen MR) is 65.4 cm³/mol. The zero-order valence-electron chi connectivity index (χ0n) is 10.1. The van der Waals surface area contributed by atoms with Gasteiger partial charge < -0.3 is 10.5 Å². The lowest BCUT2D eigenvalue weighted by molar-refractivity contribution is 0.0984. The minimum absolute atomic E-state index is 0.283. The summed E-state index contributed by atoms with van der Waals surface area (Å²) in [7, 11) is 0. The monoisotopic (exact) mass is 220 g/mol. The second kappa shape index (κ2) is 4.73. The van der Waals surface area contributed by atoms with Crippen LogP contribution in [0.5, 0.6) is 5.88 Å². The summed E-state index contributed by atoms with van der Waals surface area (Å²) in [5.41, 5.74) is 7.67. The third kappa shape index (κ3) is 2.29. The van der Waals surface area contributed by atoms with Crippen molar-refractivity contribution < 1.29 is 4.74 Å². The molecule has 3 nitrogen and oxygen atoms in total. The van der Waals surface area contributed by atoms with Crippen molar-refractivity contribution in [2.24, 2.45) is 5.92 Å². The summed E-state index contributed by atoms with van der Waals surface area (Å²) in [6.45, 7) is 4.23. The summed E-state index contributed by atoms with van der Waals surface area (Å²) in [6, 6.07) is 1.91. The number of hydrogen-bond donors (Lipinski definition) is 1. The lowest BCUT2D eigenvalue weighted by Gasteiger charge is -2.29. The number of anilines is 1. The van der Waals surface area contributed by atoms with Gasteiger partial charge in [0.1, 0.15) is 6.10 Å². The smallest absolute Gasteiger partial charge is 0.237 e. The number of rotatable bonds is 2. The van der Waals surface area contributed by atoms with Gasteiger partial charge in [-0.05, 0) is 43.7 Å². The molecule has 2 rings (SSSR count). The van der Waals surface area contributed by atoms with Gasteiger partial charge in [-0.15, -0.1) is 0 Å². The maximum Gasteiger partial charge on any atom is 0.237 e. The highest BCUT2D eigenvalue weighted by Crippen LogP contribution is 2.30. The number of nitrogens with two attached hydrogens (primary N) is 1. The highest BCUT2D eigenvalue weighted by molar-refractivity contribution is 5.53. The summed E-state index contributed by atoms with van der Waals surface area (Å²) in [4.78, 5) is 4.22. The minimum Gasteiger partial charge on any atom is -0.473 e. The molecule has 1 aliphatic carbocycles. The predicted octanol–water partition coefficient (Wildman–Crippen LogP) is 2.93. The maximum absolute atomic E-state index is 5.96. The molecule has 0 saturated heterocycles. The SMILES string of the molecule is Cc1ccnc(OC2CCCCC2C)c1N. The van der Waals surface area contributed by atoms with Gasteiger partial charge in [-0.1, -0.05) is 13.3 Å². The van der Waals surface area contributed by atoms with E-state index in [2.05, 4.69) is 11.9 Å². The van der Waals surface area contributed by atoms with Crippen LogP contribution in [0.4, 0.5) is 5.69 Å². The quantitative estimate of drug-likeness (QED) is 0.833. The van der Waals surface area contributed by atoms with E-state index in [-0.39, 0.29) is 6.10 Å². The van der Waals surface area contributed by atoms with Crippen LogP contribution < -0.4 is 10.5 Å². The third-order valence-electron chi connectivity index (χ3n) is 3.47. The van der Waals surface area contributed by atoms with E-state index in [9.17, 15) is 0 Å². The molecule has 1 aromatic rings. The van der Waals surface area contributed by atoms with Crippen molar-refractivity contribution in [3.63, 3.8) is 0 Å². The normalized spacial score (nSPS) is 25.4. The van der Waals surface area contributed by atoms with Crippen molar-refractivity contribution in [1.29, 1.82) is 0 Å². The number of nitrogens with zero attached hydrogens (tertiary/aromatic N) is 1. The summed E-state index contributed by atoms with van der Waals surface area (Å²) >= 11 is 0. The first-order valence-corrected chi connectivity index (χ1v) is 6.06. The minimum atomic E-state index is 0.283. The maximum atomic E-state index is 5.96. The Hall–Kier alpha value is -1.25. The Balaban J connectivity index is 2.10. The number of aromatic nitrogens is 1. The van der Waals surface area contributed by atoms with Crippen LogP contribution in [0.2, 0.25) is 0 Å². The molecule has 0 bridgehead atoms. The van der Waals surface area contributed by atoms with Gasteiger partial charge in [0, 0.05) is 6.20 Å². The van der Waals surface area contributed by atoms with E-state index in [1.807, 2.05) is 13.0 Å². The number of nitrogen functional groups attached to an aromatic ring is 1. The van der Waals surface area contributed by atoms with E-state index in [1.165, 1.54) is 19.3 Å². The summed E-state index contributed by atoms with van der Waals surface area (Å²) in [5, 5.41) is 0. The fourth-order valence-corrected chi connectivity index (χ4v) is 2.24. The van der Waals surface area contributed by atoms with Gasteiger partial charge >= 0.3 is 0 Å². The number of hydrogen-bond acceptors (Lipinski definition) is 3. The first-order valence-electron chi connectivity index (χ1n) is 6.06. The van der Waals surface area contributed by atoms with Gasteiger partial charge in [0.05, 0.1) is 5.69 Å². The molecule has 2 N–H and O–H groups in total. The van der Waals surface area contributed by atoms with Crippen LogP contribution in [0.1, 0.15) is 38.2 Å². The van der Waals surface area contributed by atoms with Crippen molar-refractivity contribution in [3.8, 4) is 5.88 Å². The molecule has 0 aliphatic heterocycles. The molecule has 3 heteroatoms. The number of ether oxygens (including phenoxy) is 1. The Labute approximate surface area is 97.0 Å². The van der Waals surface area contributed by atoms with Crippen molar-refractivity contribution >= 4 is 5.69 Å². The van der Waals surface area contributed by atoms with Gasteiger partial charge in [-0.3, -0.25) is 0 Å². The lowest BCUT2D eigenvalue weighted by Crippen LogP contribution is -2.29. The van der Waals surface area contributed by atoms with Crippen molar-refractivity contribution in [3.05, 3.63) is 17.8 Å². The molecule has 1 fully saturated rings. The van der Waals surface area contributed by atoms with Crippen molar-refractivity contribution in [2.75, 3.05) is 5.73 Å². The summed E-state index contributed by atoms with van der Waals surface area (Å²) in [6.07, 6.45) is 6.98. The molecule has 1 heterocycles. The van der Waals surface area contributed by atoms with Crippen LogP contribution in [0.15, 0.2) is 12.3 Å². The van der Waals surface area contributed by atoms with E-state index in [0.717, 1.165) is 12.0 Å². The zero-order chi connectivity index (χ0) is 11.5. The van der Waals surface area contributed by atoms with Crippen molar-refractivity contribution in [1.82, 2.24) is 4.98 Å². The average Bonchev–Trinajstić information content (AvgIpc) is 2.28. The Morgan fingerprint density at radius 1 is 1.38 bits per heavy atom.